The van der Waals surface area contributed by atoms with Gasteiger partial charge in [0.25, 0.3) is 0 Å². The Labute approximate surface area is 198 Å². The minimum Gasteiger partial charge on any atom is -0.385 e. The predicted molar refractivity (Wildman–Crippen MR) is 141 cm³/mol. The molecule has 0 saturated carbocycles. The Morgan fingerprint density at radius 1 is 1.00 bits per heavy atom. The van der Waals surface area contributed by atoms with Crippen molar-refractivity contribution in [2.45, 2.75) is 105 Å². The van der Waals surface area contributed by atoms with Gasteiger partial charge in [0.1, 0.15) is 0 Å². The molecule has 1 N–H and O–H groups in total. The van der Waals surface area contributed by atoms with Crippen LogP contribution in [0.2, 0.25) is 0 Å². The van der Waals surface area contributed by atoms with Crippen LogP contribution in [0.1, 0.15) is 93.1 Å². The number of aliphatic hydroxyl groups is 1. The van der Waals surface area contributed by atoms with Crippen LogP contribution in [0.15, 0.2) is 58.6 Å². The molecule has 32 heavy (non-hydrogen) atoms. The van der Waals surface area contributed by atoms with Crippen molar-refractivity contribution in [3.63, 3.8) is 0 Å². The second kappa shape index (κ2) is 13.7. The van der Waals surface area contributed by atoms with Gasteiger partial charge in [0.05, 0.1) is 11.1 Å². The van der Waals surface area contributed by atoms with E-state index >= 15 is 0 Å². The van der Waals surface area contributed by atoms with E-state index in [-0.39, 0.29) is 5.54 Å². The Kier molecular flexibility index (Phi) is 12.2. The van der Waals surface area contributed by atoms with E-state index in [0.717, 1.165) is 57.5 Å². The number of likely N-dealkylation sites (tertiary alicyclic amines) is 1. The lowest BCUT2D eigenvalue weighted by Crippen LogP contribution is -2.45. The van der Waals surface area contributed by atoms with Crippen LogP contribution in [-0.2, 0) is 6.54 Å². The highest BCUT2D eigenvalue weighted by Gasteiger charge is 2.36. The third-order valence-corrected chi connectivity index (χ3v) is 6.48. The molecule has 180 valence electrons. The molecule has 0 spiro atoms. The first-order valence-electron chi connectivity index (χ1n) is 12.8. The van der Waals surface area contributed by atoms with Crippen LogP contribution in [0, 0.1) is 0 Å². The fourth-order valence-electron chi connectivity index (χ4n) is 4.18. The van der Waals surface area contributed by atoms with Gasteiger partial charge in [-0.05, 0) is 69.6 Å². The summed E-state index contributed by atoms with van der Waals surface area (Å²) >= 11 is 0. The van der Waals surface area contributed by atoms with Crippen LogP contribution in [0.3, 0.4) is 0 Å². The molecule has 3 heteroatoms. The van der Waals surface area contributed by atoms with Crippen molar-refractivity contribution in [1.29, 1.82) is 0 Å². The van der Waals surface area contributed by atoms with Crippen molar-refractivity contribution in [3.05, 3.63) is 59.2 Å². The van der Waals surface area contributed by atoms with Crippen LogP contribution in [-0.4, -0.2) is 39.9 Å². The number of hydrogen-bond acceptors (Lipinski definition) is 3. The van der Waals surface area contributed by atoms with Crippen LogP contribution in [0.25, 0.3) is 0 Å². The highest BCUT2D eigenvalue weighted by molar-refractivity contribution is 5.99. The van der Waals surface area contributed by atoms with Crippen LogP contribution in [0.4, 0.5) is 0 Å². The average molecular weight is 441 g/mol. The molecule has 2 aliphatic rings. The predicted octanol–water partition coefficient (Wildman–Crippen LogP) is 7.36. The zero-order valence-corrected chi connectivity index (χ0v) is 22.0. The molecular formula is C29H48N2O. The molecule has 1 aromatic rings. The molecular weight excluding hydrogens is 392 g/mol. The van der Waals surface area contributed by atoms with E-state index in [1.807, 2.05) is 27.7 Å². The van der Waals surface area contributed by atoms with Gasteiger partial charge in [-0.25, -0.2) is 0 Å². The molecule has 1 saturated heterocycles. The summed E-state index contributed by atoms with van der Waals surface area (Å²) in [6.45, 7) is 19.6. The van der Waals surface area contributed by atoms with Crippen molar-refractivity contribution in [1.82, 2.24) is 4.90 Å². The molecule has 0 atom stereocenters. The first-order valence-corrected chi connectivity index (χ1v) is 12.8. The summed E-state index contributed by atoms with van der Waals surface area (Å²) in [5, 5.41) is 11.3. The molecule has 3 rings (SSSR count). The van der Waals surface area contributed by atoms with Gasteiger partial charge in [-0.15, -0.1) is 0 Å². The van der Waals surface area contributed by atoms with Gasteiger partial charge >= 0.3 is 0 Å². The number of allylic oxidation sites excluding steroid dienone is 3. The lowest BCUT2D eigenvalue weighted by atomic mass is 9.79. The van der Waals surface area contributed by atoms with Gasteiger partial charge in [-0.1, -0.05) is 77.1 Å². The molecule has 0 aromatic heterocycles. The third-order valence-electron chi connectivity index (χ3n) is 6.48. The van der Waals surface area contributed by atoms with Gasteiger partial charge in [0, 0.05) is 25.3 Å². The summed E-state index contributed by atoms with van der Waals surface area (Å²) in [5.74, 6) is 0. The van der Waals surface area contributed by atoms with Crippen molar-refractivity contribution in [3.8, 4) is 0 Å². The molecule has 1 aliphatic heterocycles. The minimum atomic E-state index is -0.636. The molecule has 1 aliphatic carbocycles. The molecule has 0 radical (unpaired) electrons. The van der Waals surface area contributed by atoms with Crippen LogP contribution >= 0.6 is 0 Å². The summed E-state index contributed by atoms with van der Waals surface area (Å²) in [7, 11) is 0. The summed E-state index contributed by atoms with van der Waals surface area (Å²) in [6, 6.07) is 10.6. The second-order valence-corrected chi connectivity index (χ2v) is 9.04. The van der Waals surface area contributed by atoms with Crippen molar-refractivity contribution < 1.29 is 5.11 Å². The maximum atomic E-state index is 11.3. The second-order valence-electron chi connectivity index (χ2n) is 9.04. The molecule has 1 aromatic carbocycles. The molecule has 3 nitrogen and oxygen atoms in total. The zero-order chi connectivity index (χ0) is 24.2. The van der Waals surface area contributed by atoms with E-state index in [9.17, 15) is 5.11 Å². The standard InChI is InChI=1S/C25H36N2O.2C2H6/c1-5-24(3,4)26-20(2)22-11-13-23(14-12-22)25(28)15-17-27(18-16-25)19-21-9-7-6-8-10-21;2*1-2/h6-11,13,28H,5,12,14-19H2,1-4H3;2*1-2H3. The maximum absolute atomic E-state index is 11.3. The lowest BCUT2D eigenvalue weighted by Gasteiger charge is -2.40. The highest BCUT2D eigenvalue weighted by atomic mass is 16.3. The maximum Gasteiger partial charge on any atom is 0.0884 e. The smallest absolute Gasteiger partial charge is 0.0884 e. The van der Waals surface area contributed by atoms with Crippen molar-refractivity contribution in [2.24, 2.45) is 4.99 Å². The fraction of sp³-hybridized carbons (Fsp3) is 0.621. The van der Waals surface area contributed by atoms with E-state index in [2.05, 4.69) is 75.1 Å². The van der Waals surface area contributed by atoms with Crippen LogP contribution in [0.5, 0.6) is 0 Å². The normalized spacial score (nSPS) is 19.0. The van der Waals surface area contributed by atoms with Crippen LogP contribution < -0.4 is 0 Å². The topological polar surface area (TPSA) is 35.8 Å². The summed E-state index contributed by atoms with van der Waals surface area (Å²) in [4.78, 5) is 7.36. The van der Waals surface area contributed by atoms with Gasteiger partial charge < -0.3 is 5.11 Å². The summed E-state index contributed by atoms with van der Waals surface area (Å²) < 4.78 is 0. The zero-order valence-electron chi connectivity index (χ0n) is 22.0. The molecule has 0 unspecified atom stereocenters. The van der Waals surface area contributed by atoms with Crippen molar-refractivity contribution in [2.75, 3.05) is 13.1 Å². The SMILES string of the molecule is CC.CC.CCC(C)(C)N=C(C)C1=CC=C(C2(O)CCN(Cc3ccccc3)CC2)CC1. The van der Waals surface area contributed by atoms with Gasteiger partial charge in [0.2, 0.25) is 0 Å². The van der Waals surface area contributed by atoms with E-state index < -0.39 is 5.60 Å². The van der Waals surface area contributed by atoms with E-state index in [1.54, 1.807) is 0 Å². The van der Waals surface area contributed by atoms with Gasteiger partial charge in [0.15, 0.2) is 0 Å². The quantitative estimate of drug-likeness (QED) is 0.469. The van der Waals surface area contributed by atoms with Gasteiger partial charge in [-0.2, -0.15) is 0 Å². The largest absolute Gasteiger partial charge is 0.385 e. The number of benzene rings is 1. The molecule has 0 bridgehead atoms. The van der Waals surface area contributed by atoms with E-state index in [4.69, 9.17) is 4.99 Å². The number of nitrogens with zero attached hydrogens (tertiary/aromatic N) is 2. The Morgan fingerprint density at radius 2 is 1.59 bits per heavy atom. The highest BCUT2D eigenvalue weighted by Crippen LogP contribution is 2.36. The number of aliphatic imine (C=N–C) groups is 1. The van der Waals surface area contributed by atoms with Gasteiger partial charge in [-0.3, -0.25) is 9.89 Å². The van der Waals surface area contributed by atoms with E-state index in [1.165, 1.54) is 16.7 Å². The first-order chi connectivity index (χ1) is 15.3. The number of piperidine rings is 1. The molecule has 1 fully saturated rings. The Bertz CT molecular complexity index is 751. The number of hydrogen-bond donors (Lipinski definition) is 1. The monoisotopic (exact) mass is 440 g/mol. The lowest BCUT2D eigenvalue weighted by molar-refractivity contribution is 0.00460. The molecule has 1 heterocycles. The Morgan fingerprint density at radius 3 is 2.09 bits per heavy atom. The summed E-state index contributed by atoms with van der Waals surface area (Å²) in [5.41, 5.74) is 4.38. The van der Waals surface area contributed by atoms with Crippen molar-refractivity contribution >= 4 is 5.71 Å². The Hall–Kier alpha value is -1.71. The average Bonchev–Trinajstić information content (AvgIpc) is 2.84. The summed E-state index contributed by atoms with van der Waals surface area (Å²) in [6.07, 6.45) is 8.98. The first kappa shape index (κ1) is 28.3. The fourth-order valence-corrected chi connectivity index (χ4v) is 4.18. The molecule has 0 amide bonds. The number of rotatable bonds is 6. The van der Waals surface area contributed by atoms with E-state index in [0.29, 0.717) is 0 Å². The third kappa shape index (κ3) is 8.33. The minimum absolute atomic E-state index is 0.00129. The Balaban J connectivity index is 0.00000121.